The standard InChI is InChI=1S/C17H10ClF4N5O2S/c1-7-24-27(15(28)25(7)2)11-5-12-13(4-10(11)19)30-16(29)26(12)14-9(18)3-8(6-23-14)17(20,21)22/h3-6H,1-2H3. The minimum atomic E-state index is -4.66. The van der Waals surface area contributed by atoms with Crippen molar-refractivity contribution in [3.05, 3.63) is 66.8 Å². The van der Waals surface area contributed by atoms with Crippen LogP contribution in [0.4, 0.5) is 17.6 Å². The van der Waals surface area contributed by atoms with Crippen LogP contribution in [0, 0.1) is 12.7 Å². The van der Waals surface area contributed by atoms with E-state index >= 15 is 0 Å². The summed E-state index contributed by atoms with van der Waals surface area (Å²) in [6.45, 7) is 1.56. The van der Waals surface area contributed by atoms with Gasteiger partial charge in [0.25, 0.3) is 0 Å². The Morgan fingerprint density at radius 2 is 1.87 bits per heavy atom. The SMILES string of the molecule is Cc1nn(-c2cc3c(cc2F)sc(=O)n3-c2ncc(C(F)(F)F)cc2Cl)c(=O)n1C. The molecule has 30 heavy (non-hydrogen) atoms. The highest BCUT2D eigenvalue weighted by Gasteiger charge is 2.32. The molecule has 0 aliphatic carbocycles. The number of hydrogen-bond acceptors (Lipinski definition) is 5. The summed E-state index contributed by atoms with van der Waals surface area (Å²) in [5.41, 5.74) is -1.80. The van der Waals surface area contributed by atoms with Crippen LogP contribution in [0.3, 0.4) is 0 Å². The summed E-state index contributed by atoms with van der Waals surface area (Å²) in [5.74, 6) is -0.722. The van der Waals surface area contributed by atoms with E-state index in [4.69, 9.17) is 11.6 Å². The Bertz CT molecular complexity index is 1430. The van der Waals surface area contributed by atoms with Gasteiger partial charge in [0.15, 0.2) is 11.6 Å². The van der Waals surface area contributed by atoms with E-state index in [2.05, 4.69) is 10.1 Å². The van der Waals surface area contributed by atoms with Crippen LogP contribution < -0.4 is 10.6 Å². The average molecular weight is 460 g/mol. The van der Waals surface area contributed by atoms with Crippen molar-refractivity contribution in [1.82, 2.24) is 23.9 Å². The maximum Gasteiger partial charge on any atom is 0.417 e. The molecule has 156 valence electrons. The minimum absolute atomic E-state index is 0.116. The summed E-state index contributed by atoms with van der Waals surface area (Å²) < 4.78 is 56.5. The van der Waals surface area contributed by atoms with Gasteiger partial charge in [-0.2, -0.15) is 23.0 Å². The number of thiazole rings is 1. The summed E-state index contributed by atoms with van der Waals surface area (Å²) in [5, 5.41) is 3.58. The van der Waals surface area contributed by atoms with E-state index in [9.17, 15) is 27.2 Å². The monoisotopic (exact) mass is 459 g/mol. The molecule has 0 unspecified atom stereocenters. The Labute approximate surface area is 173 Å². The molecular weight excluding hydrogens is 450 g/mol. The quantitative estimate of drug-likeness (QED) is 0.430. The second-order valence-electron chi connectivity index (χ2n) is 6.30. The molecule has 1 aromatic carbocycles. The van der Waals surface area contributed by atoms with Gasteiger partial charge < -0.3 is 0 Å². The molecule has 0 amide bonds. The molecule has 3 heterocycles. The number of rotatable bonds is 2. The van der Waals surface area contributed by atoms with Crippen molar-refractivity contribution >= 4 is 33.2 Å². The lowest BCUT2D eigenvalue weighted by Crippen LogP contribution is -2.22. The van der Waals surface area contributed by atoms with Gasteiger partial charge in [0.1, 0.15) is 11.5 Å². The van der Waals surface area contributed by atoms with Crippen molar-refractivity contribution in [2.75, 3.05) is 0 Å². The Morgan fingerprint density at radius 1 is 1.17 bits per heavy atom. The first kappa shape index (κ1) is 20.3. The largest absolute Gasteiger partial charge is 0.417 e. The molecule has 0 fully saturated rings. The number of nitrogens with zero attached hydrogens (tertiary/aromatic N) is 5. The lowest BCUT2D eigenvalue weighted by atomic mass is 10.2. The van der Waals surface area contributed by atoms with Gasteiger partial charge in [-0.15, -0.1) is 0 Å². The molecule has 13 heteroatoms. The van der Waals surface area contributed by atoms with E-state index in [1.807, 2.05) is 0 Å². The van der Waals surface area contributed by atoms with Crippen LogP contribution in [0.15, 0.2) is 34.0 Å². The maximum absolute atomic E-state index is 14.7. The van der Waals surface area contributed by atoms with E-state index < -0.39 is 33.1 Å². The zero-order valence-electron chi connectivity index (χ0n) is 15.2. The summed E-state index contributed by atoms with van der Waals surface area (Å²) >= 11 is 6.63. The summed E-state index contributed by atoms with van der Waals surface area (Å²) in [6.07, 6.45) is -4.11. The molecule has 0 aliphatic heterocycles. The van der Waals surface area contributed by atoms with Crippen molar-refractivity contribution in [3.8, 4) is 11.5 Å². The lowest BCUT2D eigenvalue weighted by molar-refractivity contribution is -0.137. The lowest BCUT2D eigenvalue weighted by Gasteiger charge is -2.10. The second-order valence-corrected chi connectivity index (χ2v) is 7.70. The highest BCUT2D eigenvalue weighted by Crippen LogP contribution is 2.33. The van der Waals surface area contributed by atoms with E-state index in [0.717, 1.165) is 15.3 Å². The van der Waals surface area contributed by atoms with Crippen LogP contribution in [0.2, 0.25) is 5.02 Å². The van der Waals surface area contributed by atoms with Gasteiger partial charge >= 0.3 is 16.7 Å². The fourth-order valence-electron chi connectivity index (χ4n) is 2.83. The molecule has 0 N–H and O–H groups in total. The third kappa shape index (κ3) is 3.12. The molecule has 0 atom stereocenters. The normalized spacial score (nSPS) is 12.1. The summed E-state index contributed by atoms with van der Waals surface area (Å²) in [7, 11) is 1.46. The predicted molar refractivity (Wildman–Crippen MR) is 102 cm³/mol. The van der Waals surface area contributed by atoms with Crippen LogP contribution in [0.25, 0.3) is 21.7 Å². The van der Waals surface area contributed by atoms with Crippen molar-refractivity contribution in [2.24, 2.45) is 7.05 Å². The first-order valence-electron chi connectivity index (χ1n) is 8.20. The van der Waals surface area contributed by atoms with Crippen LogP contribution in [0.5, 0.6) is 0 Å². The number of hydrogen-bond donors (Lipinski definition) is 0. The Morgan fingerprint density at radius 3 is 2.43 bits per heavy atom. The highest BCUT2D eigenvalue weighted by atomic mass is 35.5. The van der Waals surface area contributed by atoms with Gasteiger partial charge in [0, 0.05) is 13.2 Å². The van der Waals surface area contributed by atoms with E-state index in [0.29, 0.717) is 29.4 Å². The molecule has 0 bridgehead atoms. The molecule has 0 spiro atoms. The molecule has 0 saturated carbocycles. The van der Waals surface area contributed by atoms with Gasteiger partial charge in [-0.25, -0.2) is 18.7 Å². The molecule has 7 nitrogen and oxygen atoms in total. The first-order chi connectivity index (χ1) is 14.0. The van der Waals surface area contributed by atoms with Crippen LogP contribution in [-0.2, 0) is 13.2 Å². The number of alkyl halides is 3. The zero-order valence-corrected chi connectivity index (χ0v) is 16.7. The third-order valence-corrected chi connectivity index (χ3v) is 5.62. The Balaban J connectivity index is 1.99. The molecule has 3 aromatic heterocycles. The summed E-state index contributed by atoms with van der Waals surface area (Å²) in [4.78, 5) is 27.9. The number of benzene rings is 1. The molecular formula is C17H10ClF4N5O2S. The summed E-state index contributed by atoms with van der Waals surface area (Å²) in [6, 6.07) is 2.89. The number of aromatic nitrogens is 5. The van der Waals surface area contributed by atoms with Crippen LogP contribution in [-0.4, -0.2) is 23.9 Å². The first-order valence-corrected chi connectivity index (χ1v) is 9.39. The fraction of sp³-hybridized carbons (Fsp3) is 0.176. The predicted octanol–water partition coefficient (Wildman–Crippen LogP) is 3.45. The molecule has 4 rings (SSSR count). The zero-order chi connectivity index (χ0) is 22.0. The average Bonchev–Trinajstić information content (AvgIpc) is 3.10. The van der Waals surface area contributed by atoms with Crippen molar-refractivity contribution in [1.29, 1.82) is 0 Å². The Kier molecular flexibility index (Phi) is 4.58. The van der Waals surface area contributed by atoms with Gasteiger partial charge in [-0.05, 0) is 25.1 Å². The van der Waals surface area contributed by atoms with Crippen LogP contribution in [0.1, 0.15) is 11.4 Å². The van der Waals surface area contributed by atoms with Gasteiger partial charge in [-0.1, -0.05) is 22.9 Å². The van der Waals surface area contributed by atoms with E-state index in [-0.39, 0.29) is 21.7 Å². The van der Waals surface area contributed by atoms with Crippen molar-refractivity contribution < 1.29 is 17.6 Å². The molecule has 0 saturated heterocycles. The van der Waals surface area contributed by atoms with E-state index in [1.54, 1.807) is 6.92 Å². The second kappa shape index (κ2) is 6.77. The van der Waals surface area contributed by atoms with Gasteiger partial charge in [0.2, 0.25) is 0 Å². The topological polar surface area (TPSA) is 74.7 Å². The molecule has 0 aliphatic rings. The molecule has 0 radical (unpaired) electrons. The molecule has 4 aromatic rings. The minimum Gasteiger partial charge on any atom is -0.282 e. The van der Waals surface area contributed by atoms with Crippen LogP contribution >= 0.6 is 22.9 Å². The number of halogens is 5. The van der Waals surface area contributed by atoms with E-state index in [1.165, 1.54) is 17.7 Å². The number of fused-ring (bicyclic) bond motifs is 1. The van der Waals surface area contributed by atoms with Gasteiger partial charge in [-0.3, -0.25) is 9.36 Å². The smallest absolute Gasteiger partial charge is 0.282 e. The highest BCUT2D eigenvalue weighted by molar-refractivity contribution is 7.16. The van der Waals surface area contributed by atoms with Gasteiger partial charge in [0.05, 0.1) is 20.8 Å². The maximum atomic E-state index is 14.7. The number of aryl methyl sites for hydroxylation is 1. The Hall–Kier alpha value is -2.99. The fourth-order valence-corrected chi connectivity index (χ4v) is 3.96. The third-order valence-electron chi connectivity index (χ3n) is 4.44. The van der Waals surface area contributed by atoms with Crippen molar-refractivity contribution in [3.63, 3.8) is 0 Å². The number of pyridine rings is 1. The van der Waals surface area contributed by atoms with Crippen molar-refractivity contribution in [2.45, 2.75) is 13.1 Å².